The number of carbonyl (C=O) groups is 2. The number of quaternary nitrogens is 1. The van der Waals surface area contributed by atoms with Gasteiger partial charge in [-0.05, 0) is 57.8 Å². The Hall–Kier alpha value is -2.29. The molecule has 1 N–H and O–H groups in total. The van der Waals surface area contributed by atoms with Crippen LogP contribution in [0.4, 0.5) is 0 Å². The van der Waals surface area contributed by atoms with Gasteiger partial charge < -0.3 is 18.9 Å². The largest absolute Gasteiger partial charge is 0.472 e. The standard InChI is InChI=1S/C79H148NO8P/c1-6-8-10-12-14-16-18-20-22-24-26-28-30-32-34-36-38-39-40-42-43-45-47-49-51-53-55-57-59-61-63-65-67-69-71-78(81)85-75-77(76-87-89(83,84)86-74-73-80(3,4)5)88-79(82)72-70-68-66-64-62-60-58-56-54-52-50-48-46-44-41-37-35-33-31-29-27-25-23-21-19-17-15-13-11-9-7-2/h9,11,15,17,21,23,27,29,33,35,77H,6-8,10,12-14,16,18-20,22,24-26,28,30-32,34,36-76H2,1-5H3/p+1/b11-9-,17-15-,23-21-,29-27-,35-33-. The molecule has 0 rings (SSSR count). The molecule has 2 unspecified atom stereocenters. The van der Waals surface area contributed by atoms with E-state index < -0.39 is 26.5 Å². The van der Waals surface area contributed by atoms with Gasteiger partial charge in [-0.3, -0.25) is 18.6 Å². The van der Waals surface area contributed by atoms with Crippen molar-refractivity contribution in [3.63, 3.8) is 0 Å². The summed E-state index contributed by atoms with van der Waals surface area (Å²) >= 11 is 0. The van der Waals surface area contributed by atoms with Gasteiger partial charge in [0.2, 0.25) is 0 Å². The monoisotopic (exact) mass is 1270 g/mol. The fraction of sp³-hybridized carbons (Fsp3) is 0.848. The number of hydrogen-bond acceptors (Lipinski definition) is 7. The van der Waals surface area contributed by atoms with E-state index in [2.05, 4.69) is 74.6 Å². The Morgan fingerprint density at radius 2 is 0.640 bits per heavy atom. The number of nitrogens with zero attached hydrogens (tertiary/aromatic N) is 1. The number of phosphoric ester groups is 1. The van der Waals surface area contributed by atoms with Crippen LogP contribution in [-0.4, -0.2) is 74.9 Å². The predicted octanol–water partition coefficient (Wildman–Crippen LogP) is 25.3. The highest BCUT2D eigenvalue weighted by molar-refractivity contribution is 7.47. The summed E-state index contributed by atoms with van der Waals surface area (Å²) in [6, 6.07) is 0. The van der Waals surface area contributed by atoms with E-state index in [0.717, 1.165) is 64.2 Å². The normalized spacial score (nSPS) is 13.4. The zero-order valence-corrected chi connectivity index (χ0v) is 60.6. The summed E-state index contributed by atoms with van der Waals surface area (Å²) in [4.78, 5) is 36.0. The van der Waals surface area contributed by atoms with Gasteiger partial charge in [-0.1, -0.05) is 370 Å². The number of esters is 2. The van der Waals surface area contributed by atoms with Crippen LogP contribution in [-0.2, 0) is 32.7 Å². The maximum Gasteiger partial charge on any atom is 0.472 e. The minimum Gasteiger partial charge on any atom is -0.462 e. The second kappa shape index (κ2) is 70.0. The molecular weight excluding hydrogens is 1120 g/mol. The Bertz CT molecular complexity index is 1690. The summed E-state index contributed by atoms with van der Waals surface area (Å²) in [5.41, 5.74) is 0. The van der Waals surface area contributed by atoms with E-state index in [-0.39, 0.29) is 25.6 Å². The van der Waals surface area contributed by atoms with Crippen molar-refractivity contribution in [2.75, 3.05) is 47.5 Å². The van der Waals surface area contributed by atoms with Gasteiger partial charge in [0, 0.05) is 12.8 Å². The van der Waals surface area contributed by atoms with Gasteiger partial charge in [-0.2, -0.15) is 0 Å². The summed E-state index contributed by atoms with van der Waals surface area (Å²) in [5, 5.41) is 0. The Labute approximate surface area is 553 Å². The van der Waals surface area contributed by atoms with Gasteiger partial charge in [-0.15, -0.1) is 0 Å². The molecule has 522 valence electrons. The number of unbranched alkanes of at least 4 members (excludes halogenated alkanes) is 48. The van der Waals surface area contributed by atoms with Crippen molar-refractivity contribution in [3.8, 4) is 0 Å². The number of ether oxygens (including phenoxy) is 2. The van der Waals surface area contributed by atoms with E-state index in [1.807, 2.05) is 21.1 Å². The van der Waals surface area contributed by atoms with Crippen LogP contribution in [0.5, 0.6) is 0 Å². The van der Waals surface area contributed by atoms with Crippen molar-refractivity contribution in [2.45, 2.75) is 386 Å². The summed E-state index contributed by atoms with van der Waals surface area (Å²) in [6.45, 7) is 4.39. The lowest BCUT2D eigenvalue weighted by molar-refractivity contribution is -0.870. The zero-order chi connectivity index (χ0) is 64.8. The molecule has 0 aromatic rings. The summed E-state index contributed by atoms with van der Waals surface area (Å²) in [7, 11) is 1.49. The lowest BCUT2D eigenvalue weighted by atomic mass is 10.0. The lowest BCUT2D eigenvalue weighted by Crippen LogP contribution is -2.37. The summed E-state index contributed by atoms with van der Waals surface area (Å²) in [6.07, 6.45) is 93.6. The van der Waals surface area contributed by atoms with Crippen LogP contribution in [0.3, 0.4) is 0 Å². The molecule has 2 atom stereocenters. The highest BCUT2D eigenvalue weighted by atomic mass is 31.2. The molecule has 0 bridgehead atoms. The highest BCUT2D eigenvalue weighted by Crippen LogP contribution is 2.43. The lowest BCUT2D eigenvalue weighted by Gasteiger charge is -2.24. The van der Waals surface area contributed by atoms with Gasteiger partial charge in [0.05, 0.1) is 27.7 Å². The van der Waals surface area contributed by atoms with Gasteiger partial charge in [0.15, 0.2) is 6.10 Å². The first-order valence-corrected chi connectivity index (χ1v) is 40.0. The van der Waals surface area contributed by atoms with Gasteiger partial charge in [-0.25, -0.2) is 4.57 Å². The third-order valence-corrected chi connectivity index (χ3v) is 18.3. The fourth-order valence-corrected chi connectivity index (χ4v) is 12.2. The average molecular weight is 1270 g/mol. The molecule has 89 heavy (non-hydrogen) atoms. The van der Waals surface area contributed by atoms with Crippen LogP contribution >= 0.6 is 7.82 Å². The number of likely N-dealkylation sites (N-methyl/N-ethyl adjacent to an activating group) is 1. The van der Waals surface area contributed by atoms with Crippen LogP contribution in [0.2, 0.25) is 0 Å². The molecule has 9 nitrogen and oxygen atoms in total. The molecular formula is C79H149NO8P+. The van der Waals surface area contributed by atoms with Crippen LogP contribution < -0.4 is 0 Å². The van der Waals surface area contributed by atoms with Gasteiger partial charge in [0.25, 0.3) is 0 Å². The molecule has 0 saturated heterocycles. The molecule has 0 fully saturated rings. The molecule has 0 radical (unpaired) electrons. The molecule has 0 amide bonds. The van der Waals surface area contributed by atoms with Crippen LogP contribution in [0.25, 0.3) is 0 Å². The molecule has 0 saturated carbocycles. The molecule has 0 aliphatic heterocycles. The number of carbonyl (C=O) groups excluding carboxylic acids is 2. The minimum atomic E-state index is -4.39. The van der Waals surface area contributed by atoms with E-state index in [9.17, 15) is 19.0 Å². The molecule has 0 heterocycles. The topological polar surface area (TPSA) is 108 Å². The van der Waals surface area contributed by atoms with Crippen molar-refractivity contribution in [1.29, 1.82) is 0 Å². The SMILES string of the molecule is CC/C=C\C/C=C\C/C=C\C/C=C\C/C=C\CCCCCCCCCCCCCCCCCC(=O)OC(COC(=O)CCCCCCCCCCCCCCCCCCCCCCCCCCCCCCCCCCCC)COP(=O)(O)OCC[N+](C)(C)C. The number of allylic oxidation sites excluding steroid dienone is 10. The molecule has 0 spiro atoms. The fourth-order valence-electron chi connectivity index (χ4n) is 11.5. The molecule has 0 aliphatic rings. The third kappa shape index (κ3) is 74.6. The van der Waals surface area contributed by atoms with Gasteiger partial charge >= 0.3 is 19.8 Å². The molecule has 10 heteroatoms. The third-order valence-electron chi connectivity index (χ3n) is 17.3. The van der Waals surface area contributed by atoms with Crippen molar-refractivity contribution in [2.24, 2.45) is 0 Å². The van der Waals surface area contributed by atoms with Crippen molar-refractivity contribution < 1.29 is 42.1 Å². The summed E-state index contributed by atoms with van der Waals surface area (Å²) < 4.78 is 34.8. The van der Waals surface area contributed by atoms with Crippen molar-refractivity contribution >= 4 is 19.8 Å². The quantitative estimate of drug-likeness (QED) is 0.0211. The average Bonchev–Trinajstić information content (AvgIpc) is 3.60. The number of hydrogen-bond donors (Lipinski definition) is 1. The minimum absolute atomic E-state index is 0.0329. The number of phosphoric acid groups is 1. The first kappa shape index (κ1) is 86.7. The van der Waals surface area contributed by atoms with Crippen LogP contribution in [0.1, 0.15) is 380 Å². The van der Waals surface area contributed by atoms with Crippen molar-refractivity contribution in [1.82, 2.24) is 0 Å². The predicted molar refractivity (Wildman–Crippen MR) is 386 cm³/mol. The second-order valence-corrected chi connectivity index (χ2v) is 28.8. The molecule has 0 aromatic heterocycles. The van der Waals surface area contributed by atoms with Crippen LogP contribution in [0, 0.1) is 0 Å². The highest BCUT2D eigenvalue weighted by Gasteiger charge is 2.27. The zero-order valence-electron chi connectivity index (χ0n) is 59.7. The van der Waals surface area contributed by atoms with Gasteiger partial charge in [0.1, 0.15) is 19.8 Å². The maximum atomic E-state index is 12.9. The Balaban J connectivity index is 3.94. The number of rotatable bonds is 72. The van der Waals surface area contributed by atoms with E-state index in [0.29, 0.717) is 23.9 Å². The van der Waals surface area contributed by atoms with Crippen LogP contribution in [0.15, 0.2) is 60.8 Å². The molecule has 0 aliphatic carbocycles. The smallest absolute Gasteiger partial charge is 0.462 e. The van der Waals surface area contributed by atoms with E-state index in [4.69, 9.17) is 18.5 Å². The second-order valence-electron chi connectivity index (χ2n) is 27.4. The Morgan fingerprint density at radius 1 is 0.360 bits per heavy atom. The summed E-state index contributed by atoms with van der Waals surface area (Å²) in [5.74, 6) is -0.778. The van der Waals surface area contributed by atoms with E-state index in [1.54, 1.807) is 0 Å². The van der Waals surface area contributed by atoms with Crippen molar-refractivity contribution in [3.05, 3.63) is 60.8 Å². The maximum absolute atomic E-state index is 12.9. The Morgan fingerprint density at radius 3 is 0.955 bits per heavy atom. The first-order valence-electron chi connectivity index (χ1n) is 38.5. The molecule has 0 aromatic carbocycles. The van der Waals surface area contributed by atoms with E-state index >= 15 is 0 Å². The van der Waals surface area contributed by atoms with E-state index in [1.165, 1.54) is 283 Å². The Kier molecular flexibility index (Phi) is 68.2. The first-order chi connectivity index (χ1) is 43.5.